The van der Waals surface area contributed by atoms with Crippen molar-refractivity contribution in [3.63, 3.8) is 0 Å². The van der Waals surface area contributed by atoms with Crippen molar-refractivity contribution in [3.8, 4) is 0 Å². The van der Waals surface area contributed by atoms with Crippen LogP contribution in [0.4, 0.5) is 0 Å². The smallest absolute Gasteiger partial charge is 0.0644 e. The van der Waals surface area contributed by atoms with Crippen LogP contribution in [-0.4, -0.2) is 16.9 Å². The Hall–Kier alpha value is -1.06. The number of aliphatic carboxylic acids is 1. The third-order valence-electron chi connectivity index (χ3n) is 5.25. The van der Waals surface area contributed by atoms with Gasteiger partial charge in [-0.15, -0.1) is 0 Å². The number of carboxylic acid groups (broad SMARTS) is 1. The average molecular weight is 210 g/mol. The summed E-state index contributed by atoms with van der Waals surface area (Å²) < 4.78 is 0. The van der Waals surface area contributed by atoms with Gasteiger partial charge >= 0.3 is 0 Å². The fraction of sp³-hybridized carbons (Fsp3) is 0.818. The van der Waals surface area contributed by atoms with Crippen LogP contribution in [0.5, 0.6) is 0 Å². The minimum atomic E-state index is -1.00. The number of nitrogens with zero attached hydrogens (tertiary/aromatic N) is 1. The highest BCUT2D eigenvalue weighted by Crippen LogP contribution is 2.70. The number of carboxylic acids is 1. The van der Waals surface area contributed by atoms with Gasteiger partial charge in [0.2, 0.25) is 0 Å². The number of hydrogen-bond donors (Lipinski definition) is 1. The molecule has 2 aliphatic carbocycles. The Kier molecular flexibility index (Phi) is 1.77. The zero-order valence-corrected chi connectivity index (χ0v) is 9.33. The molecule has 0 saturated heterocycles. The molecule has 15 heavy (non-hydrogen) atoms. The minimum absolute atomic E-state index is 0.304. The highest BCUT2D eigenvalue weighted by molar-refractivity contribution is 6.00. The van der Waals surface area contributed by atoms with Crippen LogP contribution in [0, 0.1) is 16.2 Å². The van der Waals surface area contributed by atoms with E-state index < -0.39 is 16.8 Å². The molecule has 0 heterocycles. The van der Waals surface area contributed by atoms with E-state index in [1.807, 2.05) is 20.8 Å². The zero-order valence-electron chi connectivity index (χ0n) is 9.33. The molecule has 2 fully saturated rings. The first-order chi connectivity index (χ1) is 6.82. The summed E-state index contributed by atoms with van der Waals surface area (Å²) in [7, 11) is 0. The zero-order chi connectivity index (χ0) is 11.5. The van der Waals surface area contributed by atoms with Gasteiger partial charge in [0.15, 0.2) is 0 Å². The summed E-state index contributed by atoms with van der Waals surface area (Å²) in [4.78, 5) is 11.4. The van der Waals surface area contributed by atoms with E-state index in [0.717, 1.165) is 6.42 Å². The largest absolute Gasteiger partial charge is 0.550 e. The van der Waals surface area contributed by atoms with Gasteiger partial charge in [0.1, 0.15) is 0 Å². The highest BCUT2D eigenvalue weighted by Gasteiger charge is 2.69. The number of fused-ring (bicyclic) bond motifs is 2. The Morgan fingerprint density at radius 1 is 1.40 bits per heavy atom. The Balaban J connectivity index is 2.61. The second kappa shape index (κ2) is 2.54. The first kappa shape index (κ1) is 10.5. The molecule has 2 atom stereocenters. The minimum Gasteiger partial charge on any atom is -0.550 e. The topological polar surface area (TPSA) is 72.7 Å². The first-order valence-electron chi connectivity index (χ1n) is 5.25. The van der Waals surface area contributed by atoms with Crippen LogP contribution < -0.4 is 5.11 Å². The van der Waals surface area contributed by atoms with Crippen LogP contribution in [-0.2, 0) is 4.79 Å². The van der Waals surface area contributed by atoms with Crippen LogP contribution in [0.2, 0.25) is 0 Å². The molecule has 2 saturated carbocycles. The van der Waals surface area contributed by atoms with E-state index in [1.165, 1.54) is 0 Å². The molecule has 0 spiro atoms. The van der Waals surface area contributed by atoms with Crippen molar-refractivity contribution in [1.82, 2.24) is 0 Å². The lowest BCUT2D eigenvalue weighted by atomic mass is 9.65. The highest BCUT2D eigenvalue weighted by atomic mass is 16.4. The monoisotopic (exact) mass is 210 g/mol. The maximum atomic E-state index is 11.4. The summed E-state index contributed by atoms with van der Waals surface area (Å²) in [6.07, 6.45) is 1.71. The van der Waals surface area contributed by atoms with Crippen molar-refractivity contribution in [2.75, 3.05) is 0 Å². The number of hydrogen-bond acceptors (Lipinski definition) is 4. The molecule has 1 N–H and O–H groups in total. The fourth-order valence-electron chi connectivity index (χ4n) is 3.49. The summed E-state index contributed by atoms with van der Waals surface area (Å²) >= 11 is 0. The molecule has 0 aromatic carbocycles. The van der Waals surface area contributed by atoms with Crippen molar-refractivity contribution in [2.45, 2.75) is 40.0 Å². The van der Waals surface area contributed by atoms with Crippen molar-refractivity contribution in [1.29, 1.82) is 0 Å². The molecule has 2 bridgehead atoms. The normalized spacial score (nSPS) is 44.9. The van der Waals surface area contributed by atoms with Gasteiger partial charge in [-0.1, -0.05) is 25.9 Å². The Morgan fingerprint density at radius 2 is 2.00 bits per heavy atom. The second-order valence-corrected chi connectivity index (χ2v) is 5.55. The van der Waals surface area contributed by atoms with E-state index in [2.05, 4.69) is 5.16 Å². The summed E-state index contributed by atoms with van der Waals surface area (Å²) in [6.45, 7) is 5.86. The Morgan fingerprint density at radius 3 is 2.33 bits per heavy atom. The van der Waals surface area contributed by atoms with Crippen LogP contribution >= 0.6 is 0 Å². The number of carbonyl (C=O) groups excluding carboxylic acids is 1. The van der Waals surface area contributed by atoms with Crippen molar-refractivity contribution in [3.05, 3.63) is 0 Å². The van der Waals surface area contributed by atoms with Crippen LogP contribution in [0.15, 0.2) is 5.16 Å². The number of rotatable bonds is 1. The van der Waals surface area contributed by atoms with E-state index in [-0.39, 0.29) is 5.41 Å². The quantitative estimate of drug-likeness (QED) is 0.513. The van der Waals surface area contributed by atoms with Gasteiger partial charge in [0.25, 0.3) is 0 Å². The molecule has 0 radical (unpaired) electrons. The molecule has 0 aromatic heterocycles. The van der Waals surface area contributed by atoms with Gasteiger partial charge < -0.3 is 15.1 Å². The van der Waals surface area contributed by atoms with E-state index in [9.17, 15) is 9.90 Å². The SMILES string of the molecule is CC1(C)[C@@]2(C(=O)[O-])CC[C@]1(C)C(=NO)C2. The molecular weight excluding hydrogens is 194 g/mol. The van der Waals surface area contributed by atoms with Crippen LogP contribution in [0.25, 0.3) is 0 Å². The fourth-order valence-corrected chi connectivity index (χ4v) is 3.49. The predicted molar refractivity (Wildman–Crippen MR) is 52.4 cm³/mol. The Bertz CT molecular complexity index is 361. The average Bonchev–Trinajstić information content (AvgIpc) is 2.46. The van der Waals surface area contributed by atoms with Crippen molar-refractivity contribution < 1.29 is 15.1 Å². The van der Waals surface area contributed by atoms with Crippen molar-refractivity contribution in [2.24, 2.45) is 21.4 Å². The third kappa shape index (κ3) is 0.840. The summed E-state index contributed by atoms with van der Waals surface area (Å²) in [5, 5.41) is 23.6. The van der Waals surface area contributed by atoms with Crippen molar-refractivity contribution >= 4 is 11.7 Å². The van der Waals surface area contributed by atoms with E-state index in [4.69, 9.17) is 5.21 Å². The van der Waals surface area contributed by atoms with Gasteiger partial charge in [0.05, 0.1) is 5.71 Å². The van der Waals surface area contributed by atoms with Gasteiger partial charge in [-0.2, -0.15) is 0 Å². The maximum Gasteiger partial charge on any atom is 0.0644 e. The molecule has 0 aliphatic heterocycles. The summed E-state index contributed by atoms with van der Waals surface area (Å²) in [5.74, 6) is -1.00. The van der Waals surface area contributed by atoms with E-state index in [1.54, 1.807) is 0 Å². The van der Waals surface area contributed by atoms with Crippen LogP contribution in [0.3, 0.4) is 0 Å². The van der Waals surface area contributed by atoms with Gasteiger partial charge in [0, 0.05) is 23.2 Å². The first-order valence-corrected chi connectivity index (χ1v) is 5.25. The lowest BCUT2D eigenvalue weighted by molar-refractivity contribution is -0.323. The molecule has 84 valence electrons. The maximum absolute atomic E-state index is 11.4. The second-order valence-electron chi connectivity index (χ2n) is 5.55. The lowest BCUT2D eigenvalue weighted by Crippen LogP contribution is -2.47. The predicted octanol–water partition coefficient (Wildman–Crippen LogP) is 0.783. The van der Waals surface area contributed by atoms with Gasteiger partial charge in [-0.25, -0.2) is 0 Å². The molecular formula is C11H16NO3-. The molecule has 0 amide bonds. The lowest BCUT2D eigenvalue weighted by Gasteiger charge is -2.40. The molecule has 0 unspecified atom stereocenters. The number of oxime groups is 1. The van der Waals surface area contributed by atoms with Gasteiger partial charge in [-0.3, -0.25) is 0 Å². The molecule has 4 heteroatoms. The van der Waals surface area contributed by atoms with Crippen LogP contribution in [0.1, 0.15) is 40.0 Å². The molecule has 4 nitrogen and oxygen atoms in total. The van der Waals surface area contributed by atoms with E-state index in [0.29, 0.717) is 18.6 Å². The molecule has 2 aliphatic rings. The summed E-state index contributed by atoms with van der Waals surface area (Å²) in [6, 6.07) is 0. The Labute approximate surface area is 89.0 Å². The number of carbonyl (C=O) groups is 1. The van der Waals surface area contributed by atoms with E-state index >= 15 is 0 Å². The third-order valence-corrected chi connectivity index (χ3v) is 5.25. The molecule has 2 rings (SSSR count). The standard InChI is InChI=1S/C11H17NO3/c1-9(2)10(3)4-5-11(9,8(13)14)6-7(10)12-15/h15H,4-6H2,1-3H3,(H,13,14)/p-1/t10-,11+/m1/s1. The van der Waals surface area contributed by atoms with Gasteiger partial charge in [-0.05, 0) is 18.3 Å². The summed E-state index contributed by atoms with van der Waals surface area (Å²) in [5.41, 5.74) is -0.936. The molecule has 0 aromatic rings.